The van der Waals surface area contributed by atoms with Crippen molar-refractivity contribution in [3.05, 3.63) is 65.7 Å². The Bertz CT molecular complexity index is 2710. The second-order valence-electron chi connectivity index (χ2n) is 21.4. The molecule has 2 fully saturated rings. The van der Waals surface area contributed by atoms with E-state index in [0.29, 0.717) is 49.5 Å². The van der Waals surface area contributed by atoms with E-state index < -0.39 is 140 Å². The molecule has 0 aromatic heterocycles. The van der Waals surface area contributed by atoms with Crippen LogP contribution in [0.4, 0.5) is 4.79 Å². The maximum Gasteiger partial charge on any atom is 0.326 e. The van der Waals surface area contributed by atoms with Gasteiger partial charge in [-0.15, -0.1) is 0 Å². The summed E-state index contributed by atoms with van der Waals surface area (Å²) < 4.78 is 0. The minimum atomic E-state index is -2.10. The van der Waals surface area contributed by atoms with Gasteiger partial charge in [-0.2, -0.15) is 24.4 Å². The molecule has 15 N–H and O–H groups in total. The van der Waals surface area contributed by atoms with Crippen LogP contribution < -0.4 is 53.2 Å². The highest BCUT2D eigenvalue weighted by Crippen LogP contribution is 2.33. The summed E-state index contributed by atoms with van der Waals surface area (Å²) in [6.45, 7) is 3.84. The van der Waals surface area contributed by atoms with Crippen LogP contribution in [-0.4, -0.2) is 180 Å². The number of amides is 10. The molecule has 472 valence electrons. The summed E-state index contributed by atoms with van der Waals surface area (Å²) in [5, 5.41) is 74.4. The number of carbonyl (C=O) groups excluding carboxylic acids is 9. The zero-order valence-electron chi connectivity index (χ0n) is 47.7. The maximum atomic E-state index is 14.3. The van der Waals surface area contributed by atoms with Gasteiger partial charge in [-0.1, -0.05) is 69.2 Å². The van der Waals surface area contributed by atoms with Crippen molar-refractivity contribution in [2.45, 2.75) is 170 Å². The van der Waals surface area contributed by atoms with Crippen LogP contribution >= 0.6 is 24.4 Å². The Kier molecular flexibility index (Phi) is 29.4. The Morgan fingerprint density at radius 3 is 1.60 bits per heavy atom. The number of hydrogen-bond donors (Lipinski definition) is 16. The summed E-state index contributed by atoms with van der Waals surface area (Å²) in [6.07, 6.45) is -0.121. The van der Waals surface area contributed by atoms with Crippen molar-refractivity contribution in [3.8, 4) is 5.75 Å². The van der Waals surface area contributed by atoms with Gasteiger partial charge in [0.25, 0.3) is 0 Å². The fourth-order valence-electron chi connectivity index (χ4n) is 9.41. The summed E-state index contributed by atoms with van der Waals surface area (Å²) in [6, 6.07) is 1.58. The summed E-state index contributed by atoms with van der Waals surface area (Å²) >= 11 is 5.94. The van der Waals surface area contributed by atoms with Gasteiger partial charge in [0.2, 0.25) is 47.3 Å². The van der Waals surface area contributed by atoms with Gasteiger partial charge in [-0.25, -0.2) is 9.59 Å². The molecule has 0 aliphatic carbocycles. The van der Waals surface area contributed by atoms with Crippen LogP contribution in [0.5, 0.6) is 5.75 Å². The molecule has 0 spiro atoms. The number of carboxylic acid groups (broad SMARTS) is 4. The molecule has 28 nitrogen and oxygen atoms in total. The van der Waals surface area contributed by atoms with Crippen LogP contribution in [0.25, 0.3) is 0 Å². The number of carbonyl (C=O) groups is 13. The van der Waals surface area contributed by atoms with E-state index in [-0.39, 0.29) is 66.3 Å². The number of aromatic hydroxyl groups is 1. The van der Waals surface area contributed by atoms with Gasteiger partial charge in [0.05, 0.1) is 24.9 Å². The summed E-state index contributed by atoms with van der Waals surface area (Å²) in [5.41, 5.74) is 0.780. The Balaban J connectivity index is 1.40. The number of thiol groups is 1. The number of thioether (sulfide) groups is 1. The average Bonchev–Trinajstić information content (AvgIpc) is 2.74. The number of urea groups is 1. The first-order valence-corrected chi connectivity index (χ1v) is 29.9. The van der Waals surface area contributed by atoms with Gasteiger partial charge in [0.1, 0.15) is 48.0 Å². The lowest BCUT2D eigenvalue weighted by molar-refractivity contribution is -0.143. The fraction of sp³-hybridized carbons (Fsp3) is 0.554. The molecule has 10 atom stereocenters. The number of fused-ring (bicyclic) bond motifs is 1. The highest BCUT2D eigenvalue weighted by molar-refractivity contribution is 8.00. The zero-order chi connectivity index (χ0) is 63.5. The fourth-order valence-corrected chi connectivity index (χ4v) is 11.2. The third kappa shape index (κ3) is 25.2. The van der Waals surface area contributed by atoms with Crippen LogP contribution in [0.15, 0.2) is 54.6 Å². The molecule has 4 rings (SSSR count). The van der Waals surface area contributed by atoms with Gasteiger partial charge in [0.15, 0.2) is 0 Å². The van der Waals surface area contributed by atoms with E-state index in [0.717, 1.165) is 18.6 Å². The first kappa shape index (κ1) is 70.3. The van der Waals surface area contributed by atoms with Crippen LogP contribution in [0.2, 0.25) is 0 Å². The summed E-state index contributed by atoms with van der Waals surface area (Å²) in [7, 11) is 0. The molecule has 2 aliphatic rings. The van der Waals surface area contributed by atoms with Crippen LogP contribution in [-0.2, 0) is 70.4 Å². The minimum absolute atomic E-state index is 0.0216. The Morgan fingerprint density at radius 1 is 0.558 bits per heavy atom. The lowest BCUT2D eigenvalue weighted by Gasteiger charge is -2.27. The molecule has 86 heavy (non-hydrogen) atoms. The molecule has 3 unspecified atom stereocenters. The quantitative estimate of drug-likeness (QED) is 0.0235. The number of benzene rings is 2. The number of phenolic OH excluding ortho intramolecular Hbond substituents is 1. The third-order valence-electron chi connectivity index (χ3n) is 13.9. The molecule has 0 saturated carbocycles. The predicted molar refractivity (Wildman–Crippen MR) is 313 cm³/mol. The molecular weight excluding hydrogens is 1160 g/mol. The standard InChI is InChI=1S/C56H78N10O18S2/c1-30(2)23-39(55(82)83)64-51(78)35(24-31-11-5-3-6-12-31)60-49(76)34(20-21-45(70)71)59-50(77)36(25-32-16-18-33(67)19-17-32)61-52(79)37(26-46(72)73)62-53(80)38(27-47(74)75)63-54(81)40(28-85)58-44(69)15-7-4-10-22-57-43(68)14-9-8-13-42-48-41(29-86-42)65-56(84)66-48/h3,5-6,11-12,16-19,30,34-42,48,67,85H,4,7-10,13-15,20-29H2,1-2H3,(H,57,68)(H,58,69)(H,59,77)(H,60,76)(H,61,79)(H,62,80)(H,63,81)(H,64,78)(H,70,71)(H,72,73)(H,74,75)(H,82,83)(H2,65,66,84)/t34-,35-,36-,37-,38-,39-,40-,41?,42?,48?/m0/s1. The number of phenols is 1. The number of rotatable bonds is 39. The number of nitrogens with one attached hydrogen (secondary N) is 10. The van der Waals surface area contributed by atoms with E-state index in [4.69, 9.17) is 0 Å². The van der Waals surface area contributed by atoms with Crippen molar-refractivity contribution < 1.29 is 87.9 Å². The summed E-state index contributed by atoms with van der Waals surface area (Å²) in [5.74, 6) is -13.6. The van der Waals surface area contributed by atoms with Crippen molar-refractivity contribution in [2.24, 2.45) is 5.92 Å². The van der Waals surface area contributed by atoms with Gasteiger partial charge in [-0.3, -0.25) is 52.7 Å². The lowest BCUT2D eigenvalue weighted by Crippen LogP contribution is -2.61. The van der Waals surface area contributed by atoms with Crippen molar-refractivity contribution in [3.63, 3.8) is 0 Å². The summed E-state index contributed by atoms with van der Waals surface area (Å²) in [4.78, 5) is 169. The number of aliphatic carboxylic acids is 4. The molecule has 2 aromatic rings. The first-order chi connectivity index (χ1) is 40.8. The van der Waals surface area contributed by atoms with Crippen molar-refractivity contribution in [1.29, 1.82) is 0 Å². The Morgan fingerprint density at radius 2 is 1.06 bits per heavy atom. The molecule has 0 radical (unpaired) electrons. The Labute approximate surface area is 505 Å². The van der Waals surface area contributed by atoms with E-state index in [1.807, 2.05) is 11.8 Å². The second-order valence-corrected chi connectivity index (χ2v) is 23.0. The first-order valence-electron chi connectivity index (χ1n) is 28.2. The predicted octanol–water partition coefficient (Wildman–Crippen LogP) is -0.152. The Hall–Kier alpha value is -8.15. The largest absolute Gasteiger partial charge is 0.508 e. The van der Waals surface area contributed by atoms with Crippen molar-refractivity contribution in [2.75, 3.05) is 18.1 Å². The van der Waals surface area contributed by atoms with Crippen molar-refractivity contribution in [1.82, 2.24) is 53.2 Å². The number of unbranched alkanes of at least 4 members (excludes halogenated alkanes) is 3. The number of hydrogen-bond acceptors (Lipinski definition) is 16. The third-order valence-corrected chi connectivity index (χ3v) is 15.7. The molecule has 0 bridgehead atoms. The highest BCUT2D eigenvalue weighted by Gasteiger charge is 2.43. The van der Waals surface area contributed by atoms with Crippen LogP contribution in [0.1, 0.15) is 108 Å². The molecule has 10 amide bonds. The monoisotopic (exact) mass is 1240 g/mol. The minimum Gasteiger partial charge on any atom is -0.508 e. The molecule has 2 aliphatic heterocycles. The number of carboxylic acids is 4. The second kappa shape index (κ2) is 36.0. The molecule has 2 heterocycles. The van der Waals surface area contributed by atoms with E-state index in [9.17, 15) is 87.9 Å². The topological polar surface area (TPSA) is 443 Å². The van der Waals surface area contributed by atoms with E-state index in [1.165, 1.54) is 24.3 Å². The molecule has 2 saturated heterocycles. The van der Waals surface area contributed by atoms with Crippen LogP contribution in [0.3, 0.4) is 0 Å². The van der Waals surface area contributed by atoms with Crippen LogP contribution in [0, 0.1) is 5.92 Å². The van der Waals surface area contributed by atoms with E-state index in [2.05, 4.69) is 65.8 Å². The normalized spacial score (nSPS) is 17.4. The smallest absolute Gasteiger partial charge is 0.326 e. The zero-order valence-corrected chi connectivity index (χ0v) is 49.4. The lowest BCUT2D eigenvalue weighted by atomic mass is 10.0. The maximum absolute atomic E-state index is 14.3. The van der Waals surface area contributed by atoms with E-state index >= 15 is 0 Å². The van der Waals surface area contributed by atoms with Gasteiger partial charge in [0, 0.05) is 55.4 Å². The molecule has 30 heteroatoms. The molecule has 2 aromatic carbocycles. The van der Waals surface area contributed by atoms with E-state index in [1.54, 1.807) is 44.2 Å². The SMILES string of the molecule is CC(C)C[C@H](NC(=O)[C@H](Cc1ccccc1)NC(=O)[C@H](CCC(=O)O)NC(=O)[C@H](Cc1ccc(O)cc1)NC(=O)[C@H](CC(=O)O)NC(=O)[C@H](CC(=O)O)NC(=O)[C@H](CS)NC(=O)CCCCCNC(=O)CCCCC1SCC2NC(=O)NC21)C(=O)O. The van der Waals surface area contributed by atoms with Gasteiger partial charge < -0.3 is 78.7 Å². The highest BCUT2D eigenvalue weighted by atomic mass is 32.2. The molecular formula is C56H78N10O18S2. The average molecular weight is 1240 g/mol. The van der Waals surface area contributed by atoms with Crippen molar-refractivity contribution >= 4 is 102 Å². The van der Waals surface area contributed by atoms with Gasteiger partial charge >= 0.3 is 29.9 Å². The van der Waals surface area contributed by atoms with Gasteiger partial charge in [-0.05, 0) is 67.7 Å².